The molecule has 35 heavy (non-hydrogen) atoms. The molecule has 2 atom stereocenters. The van der Waals surface area contributed by atoms with Crippen LogP contribution < -0.4 is 15.4 Å². The number of halogens is 1. The molecule has 1 aromatic carbocycles. The second kappa shape index (κ2) is 10.5. The van der Waals surface area contributed by atoms with Gasteiger partial charge in [-0.1, -0.05) is 6.07 Å². The number of hydrogen-bond donors (Lipinski definition) is 2. The lowest BCUT2D eigenvalue weighted by atomic mass is 10.1. The summed E-state index contributed by atoms with van der Waals surface area (Å²) in [7, 11) is 1.38. The molecule has 1 fully saturated rings. The Labute approximate surface area is 201 Å². The van der Waals surface area contributed by atoms with Crippen molar-refractivity contribution in [2.24, 2.45) is 5.92 Å². The van der Waals surface area contributed by atoms with E-state index in [1.807, 2.05) is 0 Å². The molecule has 1 aliphatic carbocycles. The van der Waals surface area contributed by atoms with Crippen molar-refractivity contribution >= 4 is 11.8 Å². The summed E-state index contributed by atoms with van der Waals surface area (Å²) in [4.78, 5) is 34.1. The molecule has 1 saturated carbocycles. The third kappa shape index (κ3) is 6.14. The molecule has 0 unspecified atom stereocenters. The van der Waals surface area contributed by atoms with Crippen LogP contribution in [0, 0.1) is 18.7 Å². The van der Waals surface area contributed by atoms with Gasteiger partial charge in [-0.25, -0.2) is 14.4 Å². The van der Waals surface area contributed by atoms with Crippen LogP contribution in [-0.2, 0) is 17.9 Å². The number of tetrazole rings is 1. The molecule has 184 valence electrons. The Kier molecular flexibility index (Phi) is 7.28. The summed E-state index contributed by atoms with van der Waals surface area (Å²) < 4.78 is 18.6. The normalized spacial score (nSPS) is 17.3. The topological polar surface area (TPSA) is 137 Å². The lowest BCUT2D eigenvalue weighted by Crippen LogP contribution is -2.30. The Morgan fingerprint density at radius 3 is 2.83 bits per heavy atom. The molecule has 0 spiro atoms. The average Bonchev–Trinajstić information content (AvgIpc) is 3.47. The first kappa shape index (κ1) is 24.2. The fraction of sp³-hybridized carbons (Fsp3) is 0.435. The van der Waals surface area contributed by atoms with Crippen molar-refractivity contribution < 1.29 is 18.7 Å². The molecule has 0 saturated heterocycles. The predicted molar refractivity (Wildman–Crippen MR) is 123 cm³/mol. The van der Waals surface area contributed by atoms with Crippen LogP contribution >= 0.6 is 0 Å². The van der Waals surface area contributed by atoms with Gasteiger partial charge in [-0.2, -0.15) is 4.80 Å². The van der Waals surface area contributed by atoms with Crippen LogP contribution in [0.4, 0.5) is 4.39 Å². The molecule has 2 amide bonds. The monoisotopic (exact) mass is 482 g/mol. The van der Waals surface area contributed by atoms with Gasteiger partial charge in [0.05, 0.1) is 13.7 Å². The number of amides is 2. The number of methoxy groups -OCH3 is 1. The van der Waals surface area contributed by atoms with E-state index in [9.17, 15) is 14.0 Å². The number of aryl methyl sites for hydroxylation is 1. The number of nitrogens with zero attached hydrogens (tertiary/aromatic N) is 6. The summed E-state index contributed by atoms with van der Waals surface area (Å²) in [6.45, 7) is 3.96. The van der Waals surface area contributed by atoms with Crippen LogP contribution in [0.3, 0.4) is 0 Å². The summed E-state index contributed by atoms with van der Waals surface area (Å²) in [5.41, 5.74) is 1.23. The average molecular weight is 483 g/mol. The van der Waals surface area contributed by atoms with Gasteiger partial charge in [0.15, 0.2) is 11.6 Å². The second-order valence-corrected chi connectivity index (χ2v) is 8.58. The highest BCUT2D eigenvalue weighted by Gasteiger charge is 2.26. The van der Waals surface area contributed by atoms with Gasteiger partial charge in [-0.05, 0) is 61.1 Å². The number of carbonyl (C=O) groups is 2. The van der Waals surface area contributed by atoms with Crippen LogP contribution in [-0.4, -0.2) is 55.1 Å². The molecule has 3 aromatic rings. The Morgan fingerprint density at radius 2 is 2.06 bits per heavy atom. The van der Waals surface area contributed by atoms with Crippen molar-refractivity contribution in [2.45, 2.75) is 52.2 Å². The first-order valence-corrected chi connectivity index (χ1v) is 11.3. The van der Waals surface area contributed by atoms with Crippen molar-refractivity contribution in [1.29, 1.82) is 0 Å². The summed E-state index contributed by atoms with van der Waals surface area (Å²) in [6.07, 6.45) is 2.77. The highest BCUT2D eigenvalue weighted by atomic mass is 19.1. The first-order chi connectivity index (χ1) is 16.8. The maximum absolute atomic E-state index is 13.6. The Bertz CT molecular complexity index is 1230. The molecular formula is C23H27FN8O3. The molecule has 0 aliphatic heterocycles. The Balaban J connectivity index is 1.41. The van der Waals surface area contributed by atoms with Crippen LogP contribution in [0.15, 0.2) is 24.3 Å². The second-order valence-electron chi connectivity index (χ2n) is 8.58. The minimum absolute atomic E-state index is 0.0202. The zero-order valence-electron chi connectivity index (χ0n) is 19.8. The zero-order valence-corrected chi connectivity index (χ0v) is 19.8. The van der Waals surface area contributed by atoms with Gasteiger partial charge in [-0.3, -0.25) is 9.59 Å². The molecule has 12 heteroatoms. The van der Waals surface area contributed by atoms with E-state index in [1.54, 1.807) is 13.0 Å². The summed E-state index contributed by atoms with van der Waals surface area (Å²) >= 11 is 0. The number of aromatic nitrogens is 6. The lowest BCUT2D eigenvalue weighted by molar-refractivity contribution is -0.119. The SMILES string of the molecule is COc1cc(CNC(=O)c2cc(-c3nnn(C[C@H]4CC[C@@H](NC(C)=O)C4)n3)nc(C)n2)ccc1F. The van der Waals surface area contributed by atoms with Crippen LogP contribution in [0.2, 0.25) is 0 Å². The summed E-state index contributed by atoms with van der Waals surface area (Å²) in [5, 5.41) is 18.4. The van der Waals surface area contributed by atoms with Crippen LogP contribution in [0.5, 0.6) is 5.75 Å². The highest BCUT2D eigenvalue weighted by Crippen LogP contribution is 2.27. The molecule has 0 bridgehead atoms. The van der Waals surface area contributed by atoms with Crippen molar-refractivity contribution in [3.8, 4) is 17.3 Å². The van der Waals surface area contributed by atoms with Gasteiger partial charge in [-0.15, -0.1) is 10.2 Å². The Hall–Kier alpha value is -3.96. The quantitative estimate of drug-likeness (QED) is 0.496. The van der Waals surface area contributed by atoms with Crippen molar-refractivity contribution in [2.75, 3.05) is 7.11 Å². The van der Waals surface area contributed by atoms with Gasteiger partial charge < -0.3 is 15.4 Å². The van der Waals surface area contributed by atoms with Crippen LogP contribution in [0.25, 0.3) is 11.5 Å². The van der Waals surface area contributed by atoms with E-state index in [-0.39, 0.29) is 29.9 Å². The number of carbonyl (C=O) groups excluding carboxylic acids is 2. The fourth-order valence-electron chi connectivity index (χ4n) is 4.20. The fourth-order valence-corrected chi connectivity index (χ4v) is 4.20. The van der Waals surface area contributed by atoms with Crippen LogP contribution in [0.1, 0.15) is 48.1 Å². The van der Waals surface area contributed by atoms with Gasteiger partial charge in [0.1, 0.15) is 17.2 Å². The molecule has 0 radical (unpaired) electrons. The molecule has 2 N–H and O–H groups in total. The maximum Gasteiger partial charge on any atom is 0.270 e. The lowest BCUT2D eigenvalue weighted by Gasteiger charge is -2.11. The number of nitrogens with one attached hydrogen (secondary N) is 2. The van der Waals surface area contributed by atoms with Gasteiger partial charge in [0.25, 0.3) is 5.91 Å². The zero-order chi connectivity index (χ0) is 24.9. The number of hydrogen-bond acceptors (Lipinski definition) is 8. The minimum atomic E-state index is -0.473. The third-order valence-corrected chi connectivity index (χ3v) is 5.79. The Morgan fingerprint density at radius 1 is 1.23 bits per heavy atom. The smallest absolute Gasteiger partial charge is 0.270 e. The molecule has 2 heterocycles. The molecule has 4 rings (SSSR count). The summed E-state index contributed by atoms with van der Waals surface area (Å²) in [5.74, 6) is 0.225. The number of rotatable bonds is 8. The van der Waals surface area contributed by atoms with Gasteiger partial charge in [0.2, 0.25) is 11.7 Å². The number of ether oxygens (including phenoxy) is 1. The summed E-state index contributed by atoms with van der Waals surface area (Å²) in [6, 6.07) is 6.07. The number of benzene rings is 1. The predicted octanol–water partition coefficient (Wildman–Crippen LogP) is 1.82. The molecule has 1 aliphatic rings. The molecular weight excluding hydrogens is 455 g/mol. The van der Waals surface area contributed by atoms with E-state index in [1.165, 1.54) is 37.0 Å². The van der Waals surface area contributed by atoms with Crippen molar-refractivity contribution in [3.63, 3.8) is 0 Å². The third-order valence-electron chi connectivity index (χ3n) is 5.79. The van der Waals surface area contributed by atoms with E-state index in [0.717, 1.165) is 19.3 Å². The minimum Gasteiger partial charge on any atom is -0.494 e. The van der Waals surface area contributed by atoms with Crippen molar-refractivity contribution in [1.82, 2.24) is 40.8 Å². The van der Waals surface area contributed by atoms with Crippen molar-refractivity contribution in [3.05, 3.63) is 47.2 Å². The van der Waals surface area contributed by atoms with Gasteiger partial charge >= 0.3 is 0 Å². The molecule has 2 aromatic heterocycles. The van der Waals surface area contributed by atoms with E-state index in [0.29, 0.717) is 35.4 Å². The maximum atomic E-state index is 13.6. The van der Waals surface area contributed by atoms with E-state index in [2.05, 4.69) is 36.0 Å². The largest absolute Gasteiger partial charge is 0.494 e. The van der Waals surface area contributed by atoms with E-state index >= 15 is 0 Å². The van der Waals surface area contributed by atoms with E-state index < -0.39 is 11.7 Å². The first-order valence-electron chi connectivity index (χ1n) is 11.3. The van der Waals surface area contributed by atoms with Gasteiger partial charge in [0, 0.05) is 19.5 Å². The van der Waals surface area contributed by atoms with E-state index in [4.69, 9.17) is 4.74 Å². The highest BCUT2D eigenvalue weighted by molar-refractivity contribution is 5.93. The molecule has 11 nitrogen and oxygen atoms in total. The standard InChI is InChI=1S/C23H27FN8O3/c1-13-26-19(22-29-31-32(30-22)12-16-4-6-17(8-16)28-14(2)33)10-20(27-13)23(34)25-11-15-5-7-18(24)21(9-15)35-3/h5,7,9-10,16-17H,4,6,8,11-12H2,1-3H3,(H,25,34)(H,28,33)/t16-,17+/m0/s1.